The number of urea groups is 1. The number of likely N-dealkylation sites (tertiary alicyclic amines) is 1. The first-order valence-electron chi connectivity index (χ1n) is 5.98. The van der Waals surface area contributed by atoms with Crippen molar-refractivity contribution in [1.29, 1.82) is 0 Å². The number of rotatable bonds is 5. The molecule has 0 aromatic heterocycles. The molecule has 0 bridgehead atoms. The highest BCUT2D eigenvalue weighted by Gasteiger charge is 2.32. The summed E-state index contributed by atoms with van der Waals surface area (Å²) in [7, 11) is 0. The zero-order valence-corrected chi connectivity index (χ0v) is 10.1. The lowest BCUT2D eigenvalue weighted by Gasteiger charge is -2.30. The SMILES string of the molecule is CCN(CCO)C(=O)N1CCCC1CC(=O)O. The normalized spacial score (nSPS) is 19.4. The van der Waals surface area contributed by atoms with Crippen molar-refractivity contribution >= 4 is 12.0 Å². The molecule has 1 saturated heterocycles. The van der Waals surface area contributed by atoms with Crippen molar-refractivity contribution in [3.05, 3.63) is 0 Å². The molecule has 0 aromatic rings. The molecule has 0 aliphatic carbocycles. The number of carbonyl (C=O) groups is 2. The molecule has 6 heteroatoms. The molecule has 17 heavy (non-hydrogen) atoms. The van der Waals surface area contributed by atoms with Crippen LogP contribution in [0, 0.1) is 0 Å². The summed E-state index contributed by atoms with van der Waals surface area (Å²) in [6.45, 7) is 3.20. The number of aliphatic hydroxyl groups is 1. The molecule has 0 aromatic carbocycles. The van der Waals surface area contributed by atoms with Crippen LogP contribution in [0.5, 0.6) is 0 Å². The zero-order chi connectivity index (χ0) is 12.8. The fraction of sp³-hybridized carbons (Fsp3) is 0.818. The first-order chi connectivity index (χ1) is 8.10. The first kappa shape index (κ1) is 13.8. The highest BCUT2D eigenvalue weighted by Crippen LogP contribution is 2.21. The molecule has 2 N–H and O–H groups in total. The van der Waals surface area contributed by atoms with Gasteiger partial charge in [-0.25, -0.2) is 4.79 Å². The number of aliphatic hydroxyl groups excluding tert-OH is 1. The van der Waals surface area contributed by atoms with Crippen LogP contribution >= 0.6 is 0 Å². The van der Waals surface area contributed by atoms with Crippen LogP contribution in [0.1, 0.15) is 26.2 Å². The van der Waals surface area contributed by atoms with Crippen molar-refractivity contribution in [3.8, 4) is 0 Å². The molecule has 1 aliphatic heterocycles. The van der Waals surface area contributed by atoms with E-state index >= 15 is 0 Å². The summed E-state index contributed by atoms with van der Waals surface area (Å²) in [6, 6.07) is -0.363. The Labute approximate surface area is 101 Å². The van der Waals surface area contributed by atoms with E-state index in [1.165, 1.54) is 0 Å². The lowest BCUT2D eigenvalue weighted by molar-refractivity contribution is -0.138. The first-order valence-corrected chi connectivity index (χ1v) is 5.98. The monoisotopic (exact) mass is 244 g/mol. The lowest BCUT2D eigenvalue weighted by Crippen LogP contribution is -2.46. The van der Waals surface area contributed by atoms with Crippen molar-refractivity contribution in [2.75, 3.05) is 26.2 Å². The number of aliphatic carboxylic acids is 1. The standard InChI is InChI=1S/C11H20N2O4/c1-2-12(6-7-14)11(17)13-5-3-4-9(13)8-10(15)16/h9,14H,2-8H2,1H3,(H,15,16). The van der Waals surface area contributed by atoms with E-state index in [4.69, 9.17) is 10.2 Å². The van der Waals surface area contributed by atoms with Crippen molar-refractivity contribution in [2.24, 2.45) is 0 Å². The van der Waals surface area contributed by atoms with Crippen LogP contribution in [-0.2, 0) is 4.79 Å². The topological polar surface area (TPSA) is 81.1 Å². The van der Waals surface area contributed by atoms with Crippen molar-refractivity contribution in [3.63, 3.8) is 0 Å². The number of likely N-dealkylation sites (N-methyl/N-ethyl adjacent to an activating group) is 1. The van der Waals surface area contributed by atoms with Gasteiger partial charge in [0.25, 0.3) is 0 Å². The summed E-state index contributed by atoms with van der Waals surface area (Å²) in [6.07, 6.45) is 1.59. The molecule has 1 aliphatic rings. The van der Waals surface area contributed by atoms with E-state index in [1.54, 1.807) is 9.80 Å². The van der Waals surface area contributed by atoms with Crippen LogP contribution in [0.3, 0.4) is 0 Å². The Hall–Kier alpha value is -1.30. The third-order valence-corrected chi connectivity index (χ3v) is 3.06. The summed E-state index contributed by atoms with van der Waals surface area (Å²) in [5.74, 6) is -0.875. The summed E-state index contributed by atoms with van der Waals surface area (Å²) in [5.41, 5.74) is 0. The second kappa shape index (κ2) is 6.44. The third kappa shape index (κ3) is 3.59. The Bertz CT molecular complexity index is 283. The lowest BCUT2D eigenvalue weighted by atomic mass is 10.1. The van der Waals surface area contributed by atoms with Gasteiger partial charge in [-0.2, -0.15) is 0 Å². The predicted octanol–water partition coefficient (Wildman–Crippen LogP) is 0.360. The van der Waals surface area contributed by atoms with E-state index in [9.17, 15) is 9.59 Å². The fourth-order valence-electron chi connectivity index (χ4n) is 2.19. The van der Waals surface area contributed by atoms with Gasteiger partial charge in [0, 0.05) is 25.7 Å². The Morgan fingerprint density at radius 3 is 2.71 bits per heavy atom. The van der Waals surface area contributed by atoms with Crippen LogP contribution in [0.25, 0.3) is 0 Å². The maximum Gasteiger partial charge on any atom is 0.320 e. The minimum absolute atomic E-state index is 0.00240. The van der Waals surface area contributed by atoms with Gasteiger partial charge in [-0.1, -0.05) is 0 Å². The molecule has 1 rings (SSSR count). The second-order valence-electron chi connectivity index (χ2n) is 4.17. The minimum Gasteiger partial charge on any atom is -0.481 e. The Morgan fingerprint density at radius 1 is 1.47 bits per heavy atom. The van der Waals surface area contributed by atoms with Gasteiger partial charge in [0.1, 0.15) is 0 Å². The summed E-state index contributed by atoms with van der Waals surface area (Å²) >= 11 is 0. The average Bonchev–Trinajstić information content (AvgIpc) is 2.72. The third-order valence-electron chi connectivity index (χ3n) is 3.06. The Morgan fingerprint density at radius 2 is 2.18 bits per heavy atom. The quantitative estimate of drug-likeness (QED) is 0.731. The molecule has 6 nitrogen and oxygen atoms in total. The van der Waals surface area contributed by atoms with Gasteiger partial charge >= 0.3 is 12.0 Å². The highest BCUT2D eigenvalue weighted by atomic mass is 16.4. The Kier molecular flexibility index (Phi) is 5.21. The molecule has 2 amide bonds. The number of carbonyl (C=O) groups excluding carboxylic acids is 1. The van der Waals surface area contributed by atoms with E-state index in [0.29, 0.717) is 19.6 Å². The minimum atomic E-state index is -0.875. The number of carboxylic acid groups (broad SMARTS) is 1. The molecule has 1 heterocycles. The maximum absolute atomic E-state index is 12.1. The molecule has 1 unspecified atom stereocenters. The smallest absolute Gasteiger partial charge is 0.320 e. The summed E-state index contributed by atoms with van der Waals surface area (Å²) < 4.78 is 0. The Balaban J connectivity index is 2.62. The molecule has 98 valence electrons. The van der Waals surface area contributed by atoms with Crippen molar-refractivity contribution < 1.29 is 19.8 Å². The van der Waals surface area contributed by atoms with Crippen LogP contribution in [0.2, 0.25) is 0 Å². The van der Waals surface area contributed by atoms with Gasteiger partial charge in [0.05, 0.1) is 13.0 Å². The number of hydrogen-bond donors (Lipinski definition) is 2. The molecule has 1 fully saturated rings. The number of carboxylic acids is 1. The van der Waals surface area contributed by atoms with E-state index in [1.807, 2.05) is 6.92 Å². The maximum atomic E-state index is 12.1. The molecular weight excluding hydrogens is 224 g/mol. The number of hydrogen-bond acceptors (Lipinski definition) is 3. The highest BCUT2D eigenvalue weighted by molar-refractivity contribution is 5.76. The molecule has 0 radical (unpaired) electrons. The van der Waals surface area contributed by atoms with Gasteiger partial charge in [-0.3, -0.25) is 4.79 Å². The zero-order valence-electron chi connectivity index (χ0n) is 10.1. The van der Waals surface area contributed by atoms with Gasteiger partial charge in [0.15, 0.2) is 0 Å². The van der Waals surface area contributed by atoms with Gasteiger partial charge < -0.3 is 20.0 Å². The van der Waals surface area contributed by atoms with Crippen LogP contribution in [0.15, 0.2) is 0 Å². The molecule has 0 saturated carbocycles. The average molecular weight is 244 g/mol. The van der Waals surface area contributed by atoms with Crippen LogP contribution in [-0.4, -0.2) is 64.3 Å². The van der Waals surface area contributed by atoms with Gasteiger partial charge in [-0.15, -0.1) is 0 Å². The molecular formula is C11H20N2O4. The van der Waals surface area contributed by atoms with E-state index in [-0.39, 0.29) is 25.1 Å². The van der Waals surface area contributed by atoms with Crippen molar-refractivity contribution in [2.45, 2.75) is 32.2 Å². The fourth-order valence-corrected chi connectivity index (χ4v) is 2.19. The van der Waals surface area contributed by atoms with Gasteiger partial charge in [-0.05, 0) is 19.8 Å². The second-order valence-corrected chi connectivity index (χ2v) is 4.17. The summed E-state index contributed by atoms with van der Waals surface area (Å²) in [5, 5.41) is 17.6. The van der Waals surface area contributed by atoms with E-state index < -0.39 is 5.97 Å². The predicted molar refractivity (Wildman–Crippen MR) is 61.7 cm³/mol. The molecule has 0 spiro atoms. The molecule has 1 atom stereocenters. The summed E-state index contributed by atoms with van der Waals surface area (Å²) in [4.78, 5) is 26.0. The van der Waals surface area contributed by atoms with Crippen LogP contribution in [0.4, 0.5) is 4.79 Å². The largest absolute Gasteiger partial charge is 0.481 e. The van der Waals surface area contributed by atoms with E-state index in [2.05, 4.69) is 0 Å². The van der Waals surface area contributed by atoms with Gasteiger partial charge in [0.2, 0.25) is 0 Å². The van der Waals surface area contributed by atoms with E-state index in [0.717, 1.165) is 12.8 Å². The van der Waals surface area contributed by atoms with Crippen LogP contribution < -0.4 is 0 Å². The van der Waals surface area contributed by atoms with Crippen molar-refractivity contribution in [1.82, 2.24) is 9.80 Å². The number of amides is 2. The number of nitrogens with zero attached hydrogens (tertiary/aromatic N) is 2.